The molecule has 0 aliphatic heterocycles. The molecule has 0 atom stereocenters. The highest BCUT2D eigenvalue weighted by atomic mass is 35.5. The molecule has 0 amide bonds. The third-order valence-electron chi connectivity index (χ3n) is 3.26. The van der Waals surface area contributed by atoms with Crippen LogP contribution < -0.4 is 4.74 Å². The lowest BCUT2D eigenvalue weighted by Gasteiger charge is -2.24. The van der Waals surface area contributed by atoms with Crippen LogP contribution in [-0.4, -0.2) is 18.3 Å². The van der Waals surface area contributed by atoms with Crippen molar-refractivity contribution in [2.75, 3.05) is 13.2 Å². The maximum Gasteiger partial charge on any atom is 0.138 e. The topological polar surface area (TPSA) is 29.5 Å². The van der Waals surface area contributed by atoms with E-state index in [0.717, 1.165) is 17.9 Å². The van der Waals surface area contributed by atoms with Crippen LogP contribution in [0.15, 0.2) is 18.2 Å². The molecule has 94 valence electrons. The van der Waals surface area contributed by atoms with Crippen LogP contribution in [0.5, 0.6) is 5.75 Å². The van der Waals surface area contributed by atoms with Gasteiger partial charge in [0.05, 0.1) is 18.2 Å². The van der Waals surface area contributed by atoms with Crippen molar-refractivity contribution < 1.29 is 9.84 Å². The van der Waals surface area contributed by atoms with E-state index < -0.39 is 0 Å². The van der Waals surface area contributed by atoms with Crippen LogP contribution in [0.3, 0.4) is 0 Å². The molecule has 1 aromatic carbocycles. The highest BCUT2D eigenvalue weighted by molar-refractivity contribution is 6.33. The van der Waals surface area contributed by atoms with Crippen molar-refractivity contribution >= 4 is 11.6 Å². The molecule has 17 heavy (non-hydrogen) atoms. The molecular weight excluding hydrogens is 236 g/mol. The number of hydrogen-bond donors (Lipinski definition) is 1. The lowest BCUT2D eigenvalue weighted by Crippen LogP contribution is -2.22. The number of halogens is 1. The first kappa shape index (κ1) is 12.7. The fraction of sp³-hybridized carbons (Fsp3) is 0.571. The third-order valence-corrected chi connectivity index (χ3v) is 3.65. The second kappa shape index (κ2) is 4.87. The summed E-state index contributed by atoms with van der Waals surface area (Å²) in [6, 6.07) is 5.77. The second-order valence-electron chi connectivity index (χ2n) is 5.41. The minimum absolute atomic E-state index is 0.0683. The molecule has 1 aromatic rings. The number of ether oxygens (including phenoxy) is 1. The van der Waals surface area contributed by atoms with Gasteiger partial charge in [-0.15, -0.1) is 0 Å². The van der Waals surface area contributed by atoms with Gasteiger partial charge in [0.15, 0.2) is 0 Å². The zero-order valence-corrected chi connectivity index (χ0v) is 11.1. The minimum atomic E-state index is -0.337. The molecule has 1 N–H and O–H groups in total. The summed E-state index contributed by atoms with van der Waals surface area (Å²) < 4.78 is 5.73. The van der Waals surface area contributed by atoms with Gasteiger partial charge < -0.3 is 9.84 Å². The number of aliphatic hydroxyl groups is 1. The molecule has 0 unspecified atom stereocenters. The van der Waals surface area contributed by atoms with Crippen molar-refractivity contribution in [1.29, 1.82) is 0 Å². The Morgan fingerprint density at radius 1 is 1.41 bits per heavy atom. The number of benzene rings is 1. The molecular formula is C14H19ClO2. The van der Waals surface area contributed by atoms with Crippen molar-refractivity contribution in [2.24, 2.45) is 5.92 Å². The Bertz CT molecular complexity index is 397. The van der Waals surface area contributed by atoms with Gasteiger partial charge in [0.2, 0.25) is 0 Å². The molecule has 1 aliphatic carbocycles. The maximum absolute atomic E-state index is 9.39. The van der Waals surface area contributed by atoms with Gasteiger partial charge in [-0.3, -0.25) is 0 Å². The van der Waals surface area contributed by atoms with Crippen molar-refractivity contribution in [3.05, 3.63) is 28.8 Å². The molecule has 2 rings (SSSR count). The number of rotatable bonds is 5. The predicted molar refractivity (Wildman–Crippen MR) is 69.8 cm³/mol. The number of hydrogen-bond acceptors (Lipinski definition) is 2. The first-order valence-corrected chi connectivity index (χ1v) is 6.45. The first-order chi connectivity index (χ1) is 8.04. The van der Waals surface area contributed by atoms with Gasteiger partial charge in [-0.25, -0.2) is 0 Å². The summed E-state index contributed by atoms with van der Waals surface area (Å²) in [6.45, 7) is 4.76. The summed E-state index contributed by atoms with van der Waals surface area (Å²) in [5.74, 6) is 1.44. The predicted octanol–water partition coefficient (Wildman–Crippen LogP) is 3.40. The maximum atomic E-state index is 9.39. The Morgan fingerprint density at radius 2 is 2.12 bits per heavy atom. The van der Waals surface area contributed by atoms with Gasteiger partial charge in [-0.2, -0.15) is 0 Å². The fourth-order valence-electron chi connectivity index (χ4n) is 1.72. The normalized spacial score (nSPS) is 16.0. The molecule has 0 saturated heterocycles. The Labute approximate surface area is 108 Å². The lowest BCUT2D eigenvalue weighted by atomic mass is 9.85. The molecule has 3 heteroatoms. The van der Waals surface area contributed by atoms with E-state index in [1.54, 1.807) is 0 Å². The summed E-state index contributed by atoms with van der Waals surface area (Å²) >= 11 is 6.34. The SMILES string of the molecule is CC(C)(CO)c1cccc(OCC2CC2)c1Cl. The Hall–Kier alpha value is -0.730. The zero-order chi connectivity index (χ0) is 12.5. The Kier molecular flexibility index (Phi) is 3.64. The fourth-order valence-corrected chi connectivity index (χ4v) is 2.16. The van der Waals surface area contributed by atoms with E-state index >= 15 is 0 Å². The van der Waals surface area contributed by atoms with Crippen molar-refractivity contribution in [1.82, 2.24) is 0 Å². The van der Waals surface area contributed by atoms with Gasteiger partial charge in [-0.05, 0) is 30.4 Å². The van der Waals surface area contributed by atoms with E-state index in [1.165, 1.54) is 12.8 Å². The van der Waals surface area contributed by atoms with Gasteiger partial charge in [-0.1, -0.05) is 37.6 Å². The van der Waals surface area contributed by atoms with Crippen molar-refractivity contribution in [2.45, 2.75) is 32.1 Å². The minimum Gasteiger partial charge on any atom is -0.492 e. The van der Waals surface area contributed by atoms with Crippen LogP contribution in [0.1, 0.15) is 32.3 Å². The zero-order valence-electron chi connectivity index (χ0n) is 10.4. The van der Waals surface area contributed by atoms with Gasteiger partial charge >= 0.3 is 0 Å². The van der Waals surface area contributed by atoms with Crippen LogP contribution >= 0.6 is 11.6 Å². The van der Waals surface area contributed by atoms with E-state index in [-0.39, 0.29) is 12.0 Å². The average Bonchev–Trinajstić information content (AvgIpc) is 3.11. The quantitative estimate of drug-likeness (QED) is 0.873. The van der Waals surface area contributed by atoms with Gasteiger partial charge in [0.25, 0.3) is 0 Å². The summed E-state index contributed by atoms with van der Waals surface area (Å²) in [5, 5.41) is 10.0. The van der Waals surface area contributed by atoms with E-state index in [1.807, 2.05) is 32.0 Å². The van der Waals surface area contributed by atoms with E-state index in [2.05, 4.69) is 0 Å². The molecule has 1 fully saturated rings. The molecule has 0 radical (unpaired) electrons. The first-order valence-electron chi connectivity index (χ1n) is 6.07. The van der Waals surface area contributed by atoms with Crippen LogP contribution in [0.4, 0.5) is 0 Å². The lowest BCUT2D eigenvalue weighted by molar-refractivity contribution is 0.218. The average molecular weight is 255 g/mol. The van der Waals surface area contributed by atoms with Crippen LogP contribution in [0, 0.1) is 5.92 Å². The van der Waals surface area contributed by atoms with Crippen LogP contribution in [-0.2, 0) is 5.41 Å². The smallest absolute Gasteiger partial charge is 0.138 e. The third kappa shape index (κ3) is 2.93. The van der Waals surface area contributed by atoms with E-state index in [0.29, 0.717) is 10.9 Å². The van der Waals surface area contributed by atoms with Crippen LogP contribution in [0.25, 0.3) is 0 Å². The molecule has 1 saturated carbocycles. The standard InChI is InChI=1S/C14H19ClO2/c1-14(2,9-16)11-4-3-5-12(13(11)15)17-8-10-6-7-10/h3-5,10,16H,6-9H2,1-2H3. The van der Waals surface area contributed by atoms with Crippen molar-refractivity contribution in [3.8, 4) is 5.75 Å². The number of aliphatic hydroxyl groups excluding tert-OH is 1. The summed E-state index contributed by atoms with van der Waals surface area (Å²) in [7, 11) is 0. The Balaban J connectivity index is 2.19. The van der Waals surface area contributed by atoms with Gasteiger partial charge in [0.1, 0.15) is 5.75 Å². The summed E-state index contributed by atoms with van der Waals surface area (Å²) in [6.07, 6.45) is 2.53. The van der Waals surface area contributed by atoms with Crippen molar-refractivity contribution in [3.63, 3.8) is 0 Å². The van der Waals surface area contributed by atoms with E-state index in [4.69, 9.17) is 16.3 Å². The second-order valence-corrected chi connectivity index (χ2v) is 5.79. The monoisotopic (exact) mass is 254 g/mol. The van der Waals surface area contributed by atoms with E-state index in [9.17, 15) is 5.11 Å². The Morgan fingerprint density at radius 3 is 2.71 bits per heavy atom. The largest absolute Gasteiger partial charge is 0.492 e. The molecule has 0 aromatic heterocycles. The molecule has 0 heterocycles. The summed E-state index contributed by atoms with van der Waals surface area (Å²) in [4.78, 5) is 0. The molecule has 0 spiro atoms. The highest BCUT2D eigenvalue weighted by Crippen LogP contribution is 2.37. The highest BCUT2D eigenvalue weighted by Gasteiger charge is 2.25. The molecule has 1 aliphatic rings. The summed E-state index contributed by atoms with van der Waals surface area (Å²) in [5.41, 5.74) is 0.603. The molecule has 2 nitrogen and oxygen atoms in total. The van der Waals surface area contributed by atoms with Gasteiger partial charge in [0, 0.05) is 5.41 Å². The molecule has 0 bridgehead atoms. The van der Waals surface area contributed by atoms with Crippen LogP contribution in [0.2, 0.25) is 5.02 Å².